The molecule has 1 aliphatic heterocycles. The monoisotopic (exact) mass is 465 g/mol. The molecule has 0 unspecified atom stereocenters. The third-order valence-corrected chi connectivity index (χ3v) is 6.50. The molecule has 1 aromatic rings. The van der Waals surface area contributed by atoms with Gasteiger partial charge in [-0.2, -0.15) is 0 Å². The van der Waals surface area contributed by atoms with Gasteiger partial charge in [0, 0.05) is 36.6 Å². The van der Waals surface area contributed by atoms with Crippen molar-refractivity contribution in [3.63, 3.8) is 0 Å². The Labute approximate surface area is 191 Å². The average molecular weight is 466 g/mol. The Kier molecular flexibility index (Phi) is 7.38. The first-order chi connectivity index (χ1) is 14.7. The fourth-order valence-electron chi connectivity index (χ4n) is 4.07. The summed E-state index contributed by atoms with van der Waals surface area (Å²) in [4.78, 5) is 53.2. The summed E-state index contributed by atoms with van der Waals surface area (Å²) in [5, 5.41) is 3.39. The molecule has 31 heavy (non-hydrogen) atoms. The summed E-state index contributed by atoms with van der Waals surface area (Å²) in [5.41, 5.74) is 0.639. The van der Waals surface area contributed by atoms with Crippen LogP contribution in [-0.4, -0.2) is 53.1 Å². The first kappa shape index (κ1) is 23.3. The van der Waals surface area contributed by atoms with Gasteiger partial charge in [-0.25, -0.2) is 0 Å². The van der Waals surface area contributed by atoms with Crippen molar-refractivity contribution in [1.29, 1.82) is 0 Å². The summed E-state index contributed by atoms with van der Waals surface area (Å²) in [6.07, 6.45) is 4.87. The van der Waals surface area contributed by atoms with Crippen LogP contribution in [-0.2, 0) is 25.7 Å². The summed E-state index contributed by atoms with van der Waals surface area (Å²) >= 11 is 12.2. The number of fused-ring (bicyclic) bond motifs is 1. The lowest BCUT2D eigenvalue weighted by atomic mass is 9.85. The number of carbonyl (C=O) groups is 4. The van der Waals surface area contributed by atoms with Crippen molar-refractivity contribution in [3.05, 3.63) is 46.0 Å². The number of allylic oxidation sites excluding steroid dienone is 2. The van der Waals surface area contributed by atoms with E-state index in [1.165, 1.54) is 16.8 Å². The second-order valence-electron chi connectivity index (χ2n) is 7.78. The van der Waals surface area contributed by atoms with Crippen molar-refractivity contribution in [1.82, 2.24) is 15.1 Å². The molecule has 1 aliphatic carbocycles. The number of nitrogens with zero attached hydrogens (tertiary/aromatic N) is 2. The van der Waals surface area contributed by atoms with E-state index in [-0.39, 0.29) is 55.0 Å². The topological polar surface area (TPSA) is 86.8 Å². The smallest absolute Gasteiger partial charge is 0.242 e. The van der Waals surface area contributed by atoms with Crippen LogP contribution in [0.4, 0.5) is 0 Å². The van der Waals surface area contributed by atoms with Crippen molar-refractivity contribution in [2.24, 2.45) is 11.8 Å². The molecule has 3 rings (SSSR count). The van der Waals surface area contributed by atoms with E-state index in [0.29, 0.717) is 28.5 Å². The molecule has 1 fully saturated rings. The maximum Gasteiger partial charge on any atom is 0.242 e. The average Bonchev–Trinajstić information content (AvgIpc) is 3.00. The van der Waals surface area contributed by atoms with Crippen LogP contribution in [0.2, 0.25) is 10.0 Å². The largest absolute Gasteiger partial charge is 0.357 e. The van der Waals surface area contributed by atoms with Crippen LogP contribution in [0.3, 0.4) is 0 Å². The van der Waals surface area contributed by atoms with Crippen LogP contribution < -0.4 is 5.32 Å². The third kappa shape index (κ3) is 4.93. The standard InChI is InChI=1S/C22H25Cl2N3O4/c1-13(20(29)25-2)27(12-14-7-8-15(23)11-18(14)24)19(28)9-10-26-21(30)16-5-3-4-6-17(16)22(26)31/h3-4,7-8,11,13,16-17H,5-6,9-10,12H2,1-2H3,(H,25,29)/t13-,16-,17+/m1/s1. The molecule has 1 N–H and O–H groups in total. The summed E-state index contributed by atoms with van der Waals surface area (Å²) in [7, 11) is 1.49. The van der Waals surface area contributed by atoms with Crippen LogP contribution >= 0.6 is 23.2 Å². The molecule has 0 aromatic heterocycles. The van der Waals surface area contributed by atoms with Gasteiger partial charge in [-0.1, -0.05) is 41.4 Å². The fourth-order valence-corrected chi connectivity index (χ4v) is 4.53. The lowest BCUT2D eigenvalue weighted by Gasteiger charge is -2.29. The number of nitrogens with one attached hydrogen (secondary N) is 1. The Balaban J connectivity index is 1.73. The number of likely N-dealkylation sites (N-methyl/N-ethyl adjacent to an activating group) is 1. The van der Waals surface area contributed by atoms with E-state index in [9.17, 15) is 19.2 Å². The Morgan fingerprint density at radius 1 is 1.16 bits per heavy atom. The summed E-state index contributed by atoms with van der Waals surface area (Å²) in [6, 6.07) is 4.17. The zero-order chi connectivity index (χ0) is 22.7. The van der Waals surface area contributed by atoms with Crippen LogP contribution in [0, 0.1) is 11.8 Å². The van der Waals surface area contributed by atoms with E-state index in [4.69, 9.17) is 23.2 Å². The molecular weight excluding hydrogens is 441 g/mol. The molecule has 3 atom stereocenters. The van der Waals surface area contributed by atoms with Crippen molar-refractivity contribution in [2.45, 2.75) is 38.8 Å². The first-order valence-corrected chi connectivity index (χ1v) is 11.0. The van der Waals surface area contributed by atoms with E-state index in [2.05, 4.69) is 5.32 Å². The highest BCUT2D eigenvalue weighted by atomic mass is 35.5. The Hall–Kier alpha value is -2.38. The molecule has 0 saturated carbocycles. The first-order valence-electron chi connectivity index (χ1n) is 10.2. The van der Waals surface area contributed by atoms with E-state index in [0.717, 1.165) is 0 Å². The minimum Gasteiger partial charge on any atom is -0.357 e. The van der Waals surface area contributed by atoms with E-state index in [1.54, 1.807) is 25.1 Å². The number of imide groups is 1. The predicted molar refractivity (Wildman–Crippen MR) is 117 cm³/mol. The number of amides is 4. The highest BCUT2D eigenvalue weighted by Gasteiger charge is 2.47. The normalized spacial score (nSPS) is 21.1. The second kappa shape index (κ2) is 9.83. The number of carbonyl (C=O) groups excluding carboxylic acids is 4. The number of rotatable bonds is 7. The number of hydrogen-bond acceptors (Lipinski definition) is 4. The van der Waals surface area contributed by atoms with E-state index >= 15 is 0 Å². The van der Waals surface area contributed by atoms with Gasteiger partial charge in [0.25, 0.3) is 0 Å². The zero-order valence-corrected chi connectivity index (χ0v) is 18.9. The number of likely N-dealkylation sites (tertiary alicyclic amines) is 1. The molecule has 2 aliphatic rings. The lowest BCUT2D eigenvalue weighted by molar-refractivity contribution is -0.143. The maximum atomic E-state index is 13.1. The van der Waals surface area contributed by atoms with Gasteiger partial charge >= 0.3 is 0 Å². The molecule has 1 aromatic carbocycles. The molecule has 1 saturated heterocycles. The van der Waals surface area contributed by atoms with Gasteiger partial charge in [-0.15, -0.1) is 0 Å². The highest BCUT2D eigenvalue weighted by molar-refractivity contribution is 6.35. The van der Waals surface area contributed by atoms with Gasteiger partial charge in [0.15, 0.2) is 0 Å². The van der Waals surface area contributed by atoms with E-state index in [1.807, 2.05) is 12.2 Å². The number of hydrogen-bond donors (Lipinski definition) is 1. The van der Waals surface area contributed by atoms with Crippen molar-refractivity contribution in [2.75, 3.05) is 13.6 Å². The van der Waals surface area contributed by atoms with Gasteiger partial charge in [0.05, 0.1) is 11.8 Å². The predicted octanol–water partition coefficient (Wildman–Crippen LogP) is 2.80. The molecule has 7 nitrogen and oxygen atoms in total. The number of halogens is 2. The van der Waals surface area contributed by atoms with Gasteiger partial charge in [-0.3, -0.25) is 24.1 Å². The molecule has 1 heterocycles. The minimum atomic E-state index is -0.763. The Morgan fingerprint density at radius 2 is 1.77 bits per heavy atom. The van der Waals surface area contributed by atoms with Crippen molar-refractivity contribution in [3.8, 4) is 0 Å². The fraction of sp³-hybridized carbons (Fsp3) is 0.455. The molecule has 0 bridgehead atoms. The zero-order valence-electron chi connectivity index (χ0n) is 17.4. The molecule has 0 spiro atoms. The van der Waals surface area contributed by atoms with Gasteiger partial charge in [-0.05, 0) is 37.5 Å². The SMILES string of the molecule is CNC(=O)[C@@H](C)N(Cc1ccc(Cl)cc1Cl)C(=O)CCN1C(=O)[C@H]2CC=CC[C@H]2C1=O. The molecule has 4 amide bonds. The van der Waals surface area contributed by atoms with Crippen LogP contribution in [0.1, 0.15) is 31.7 Å². The maximum absolute atomic E-state index is 13.1. The summed E-state index contributed by atoms with van der Waals surface area (Å²) < 4.78 is 0. The quantitative estimate of drug-likeness (QED) is 0.495. The summed E-state index contributed by atoms with van der Waals surface area (Å²) in [5.74, 6) is -1.79. The third-order valence-electron chi connectivity index (χ3n) is 5.92. The molecule has 9 heteroatoms. The van der Waals surface area contributed by atoms with Gasteiger partial charge in [0.1, 0.15) is 6.04 Å². The second-order valence-corrected chi connectivity index (χ2v) is 8.63. The summed E-state index contributed by atoms with van der Waals surface area (Å²) in [6.45, 7) is 1.71. The number of benzene rings is 1. The van der Waals surface area contributed by atoms with Crippen LogP contribution in [0.15, 0.2) is 30.4 Å². The van der Waals surface area contributed by atoms with E-state index < -0.39 is 6.04 Å². The van der Waals surface area contributed by atoms with Gasteiger partial charge < -0.3 is 10.2 Å². The minimum absolute atomic E-state index is 0.00514. The molecule has 0 radical (unpaired) electrons. The Morgan fingerprint density at radius 3 is 2.32 bits per heavy atom. The Bertz CT molecular complexity index is 907. The van der Waals surface area contributed by atoms with Crippen LogP contribution in [0.5, 0.6) is 0 Å². The van der Waals surface area contributed by atoms with Crippen molar-refractivity contribution < 1.29 is 19.2 Å². The molecule has 166 valence electrons. The van der Waals surface area contributed by atoms with Crippen LogP contribution in [0.25, 0.3) is 0 Å². The highest BCUT2D eigenvalue weighted by Crippen LogP contribution is 2.35. The molecular formula is C22H25Cl2N3O4. The van der Waals surface area contributed by atoms with Crippen molar-refractivity contribution >= 4 is 46.8 Å². The lowest BCUT2D eigenvalue weighted by Crippen LogP contribution is -2.47. The van der Waals surface area contributed by atoms with Gasteiger partial charge in [0.2, 0.25) is 23.6 Å².